The molecule has 0 saturated heterocycles. The molecule has 0 spiro atoms. The second-order valence-corrected chi connectivity index (χ2v) is 3.30. The normalized spacial score (nSPS) is 11.9. The van der Waals surface area contributed by atoms with Gasteiger partial charge in [0.05, 0.1) is 13.2 Å². The number of carboxylic acid groups (broad SMARTS) is 1. The molecule has 0 heterocycles. The zero-order valence-corrected chi connectivity index (χ0v) is 9.14. The quantitative estimate of drug-likeness (QED) is 0.787. The summed E-state index contributed by atoms with van der Waals surface area (Å²) in [5, 5.41) is 18.0. The summed E-state index contributed by atoms with van der Waals surface area (Å²) in [7, 11) is 1.43. The third-order valence-electron chi connectivity index (χ3n) is 1.90. The molecule has 0 fully saturated rings. The lowest BCUT2D eigenvalue weighted by Gasteiger charge is -2.13. The first-order valence-electron chi connectivity index (χ1n) is 4.77. The highest BCUT2D eigenvalue weighted by atomic mass is 16.5. The van der Waals surface area contributed by atoms with Crippen LogP contribution in [0.4, 0.5) is 0 Å². The van der Waals surface area contributed by atoms with Crippen LogP contribution in [0.2, 0.25) is 0 Å². The van der Waals surface area contributed by atoms with E-state index in [1.807, 2.05) is 0 Å². The van der Waals surface area contributed by atoms with Crippen molar-refractivity contribution < 1.29 is 24.5 Å². The van der Waals surface area contributed by atoms with E-state index in [0.29, 0.717) is 5.75 Å². The predicted molar refractivity (Wildman–Crippen MR) is 57.1 cm³/mol. The molecule has 88 valence electrons. The molecule has 0 radical (unpaired) electrons. The first kappa shape index (κ1) is 12.3. The number of aliphatic hydroxyl groups is 1. The number of hydrogen-bond donors (Lipinski definition) is 2. The summed E-state index contributed by atoms with van der Waals surface area (Å²) < 4.78 is 10.2. The molecule has 0 aliphatic rings. The summed E-state index contributed by atoms with van der Waals surface area (Å²) in [6.07, 6.45) is -0.674. The van der Waals surface area contributed by atoms with E-state index >= 15 is 0 Å². The number of para-hydroxylation sites is 1. The average Bonchev–Trinajstić information content (AvgIpc) is 2.25. The fourth-order valence-electron chi connectivity index (χ4n) is 1.20. The third kappa shape index (κ3) is 2.87. The number of methoxy groups -OCH3 is 1. The maximum absolute atomic E-state index is 10.9. The maximum Gasteiger partial charge on any atom is 0.339 e. The largest absolute Gasteiger partial charge is 0.493 e. The Morgan fingerprint density at radius 2 is 2.19 bits per heavy atom. The number of ether oxygens (including phenoxy) is 2. The second-order valence-electron chi connectivity index (χ2n) is 3.30. The number of benzene rings is 1. The molecule has 0 aliphatic carbocycles. The van der Waals surface area contributed by atoms with E-state index in [1.54, 1.807) is 19.1 Å². The van der Waals surface area contributed by atoms with Gasteiger partial charge in [0.25, 0.3) is 0 Å². The van der Waals surface area contributed by atoms with Gasteiger partial charge >= 0.3 is 5.97 Å². The van der Waals surface area contributed by atoms with Gasteiger partial charge in [-0.25, -0.2) is 4.79 Å². The molecule has 1 aromatic rings. The van der Waals surface area contributed by atoms with Crippen molar-refractivity contribution >= 4 is 5.97 Å². The van der Waals surface area contributed by atoms with Crippen molar-refractivity contribution in [3.8, 4) is 11.5 Å². The van der Waals surface area contributed by atoms with Crippen LogP contribution in [0.15, 0.2) is 18.2 Å². The minimum atomic E-state index is -1.10. The molecular formula is C11H14O5. The Morgan fingerprint density at radius 1 is 1.50 bits per heavy atom. The van der Waals surface area contributed by atoms with E-state index in [1.165, 1.54) is 13.2 Å². The van der Waals surface area contributed by atoms with Crippen LogP contribution in [0.3, 0.4) is 0 Å². The number of carboxylic acids is 1. The van der Waals surface area contributed by atoms with E-state index in [4.69, 9.17) is 19.7 Å². The Bertz CT molecular complexity index is 373. The van der Waals surface area contributed by atoms with Crippen LogP contribution in [-0.4, -0.2) is 36.0 Å². The molecule has 16 heavy (non-hydrogen) atoms. The van der Waals surface area contributed by atoms with Crippen molar-refractivity contribution in [3.63, 3.8) is 0 Å². The molecule has 0 saturated carbocycles. The predicted octanol–water partition coefficient (Wildman–Crippen LogP) is 1.15. The highest BCUT2D eigenvalue weighted by Gasteiger charge is 2.16. The van der Waals surface area contributed by atoms with Gasteiger partial charge in [-0.3, -0.25) is 0 Å². The Morgan fingerprint density at radius 3 is 2.69 bits per heavy atom. The summed E-state index contributed by atoms with van der Waals surface area (Å²) in [4.78, 5) is 10.9. The van der Waals surface area contributed by atoms with Crippen molar-refractivity contribution in [2.45, 2.75) is 13.0 Å². The second kappa shape index (κ2) is 5.37. The third-order valence-corrected chi connectivity index (χ3v) is 1.90. The minimum absolute atomic E-state index is 0.0139. The van der Waals surface area contributed by atoms with Crippen molar-refractivity contribution in [2.24, 2.45) is 0 Å². The monoisotopic (exact) mass is 226 g/mol. The van der Waals surface area contributed by atoms with Crippen molar-refractivity contribution in [1.82, 2.24) is 0 Å². The zero-order chi connectivity index (χ0) is 12.1. The Kier molecular flexibility index (Phi) is 4.13. The van der Waals surface area contributed by atoms with E-state index in [2.05, 4.69) is 0 Å². The first-order valence-corrected chi connectivity index (χ1v) is 4.77. The summed E-state index contributed by atoms with van der Waals surface area (Å²) in [5.41, 5.74) is 0.0139. The molecule has 0 amide bonds. The molecule has 5 heteroatoms. The number of aromatic carboxylic acids is 1. The highest BCUT2D eigenvalue weighted by molar-refractivity contribution is 5.92. The van der Waals surface area contributed by atoms with Crippen molar-refractivity contribution in [1.29, 1.82) is 0 Å². The Labute approximate surface area is 93.2 Å². The van der Waals surface area contributed by atoms with Gasteiger partial charge in [0.15, 0.2) is 11.5 Å². The first-order chi connectivity index (χ1) is 7.56. The van der Waals surface area contributed by atoms with Crippen LogP contribution in [0.1, 0.15) is 17.3 Å². The maximum atomic E-state index is 10.9. The van der Waals surface area contributed by atoms with E-state index < -0.39 is 12.1 Å². The van der Waals surface area contributed by atoms with Crippen LogP contribution < -0.4 is 9.47 Å². The van der Waals surface area contributed by atoms with Crippen LogP contribution >= 0.6 is 0 Å². The molecule has 1 rings (SSSR count). The number of hydrogen-bond acceptors (Lipinski definition) is 4. The summed E-state index contributed by atoms with van der Waals surface area (Å²) >= 11 is 0. The van der Waals surface area contributed by atoms with Crippen LogP contribution in [0.5, 0.6) is 11.5 Å². The summed E-state index contributed by atoms with van der Waals surface area (Å²) in [6.45, 7) is 1.57. The lowest BCUT2D eigenvalue weighted by atomic mass is 10.2. The van der Waals surface area contributed by atoms with Crippen molar-refractivity contribution in [2.75, 3.05) is 13.7 Å². The fourth-order valence-corrected chi connectivity index (χ4v) is 1.20. The van der Waals surface area contributed by atoms with Gasteiger partial charge in [-0.15, -0.1) is 0 Å². The van der Waals surface area contributed by atoms with Crippen molar-refractivity contribution in [3.05, 3.63) is 23.8 Å². The van der Waals surface area contributed by atoms with Gasteiger partial charge in [0.2, 0.25) is 0 Å². The molecule has 0 aliphatic heterocycles. The van der Waals surface area contributed by atoms with Gasteiger partial charge in [-0.2, -0.15) is 0 Å². The molecule has 2 N–H and O–H groups in total. The lowest BCUT2D eigenvalue weighted by molar-refractivity contribution is 0.0684. The molecule has 1 aromatic carbocycles. The Balaban J connectivity index is 3.04. The summed E-state index contributed by atoms with van der Waals surface area (Å²) in [6, 6.07) is 4.59. The van der Waals surface area contributed by atoms with Gasteiger partial charge in [-0.05, 0) is 19.1 Å². The molecule has 5 nitrogen and oxygen atoms in total. The zero-order valence-electron chi connectivity index (χ0n) is 9.14. The molecule has 1 atom stereocenters. The average molecular weight is 226 g/mol. The SMILES string of the molecule is COc1cccc(C(=O)O)c1OCC(C)O. The summed E-state index contributed by atoms with van der Waals surface area (Å²) in [5.74, 6) is -0.626. The Hall–Kier alpha value is -1.75. The molecule has 0 aromatic heterocycles. The minimum Gasteiger partial charge on any atom is -0.493 e. The van der Waals surface area contributed by atoms with Crippen LogP contribution in [0.25, 0.3) is 0 Å². The van der Waals surface area contributed by atoms with Gasteiger partial charge in [-0.1, -0.05) is 6.07 Å². The molecule has 0 bridgehead atoms. The fraction of sp³-hybridized carbons (Fsp3) is 0.364. The van der Waals surface area contributed by atoms with E-state index in [0.717, 1.165) is 0 Å². The van der Waals surface area contributed by atoms with Crippen LogP contribution in [0, 0.1) is 0 Å². The number of rotatable bonds is 5. The smallest absolute Gasteiger partial charge is 0.339 e. The van der Waals surface area contributed by atoms with Gasteiger partial charge < -0.3 is 19.7 Å². The lowest BCUT2D eigenvalue weighted by Crippen LogP contribution is -2.15. The number of carbonyl (C=O) groups is 1. The molecular weight excluding hydrogens is 212 g/mol. The number of aliphatic hydroxyl groups excluding tert-OH is 1. The van der Waals surface area contributed by atoms with Gasteiger partial charge in [0.1, 0.15) is 12.2 Å². The standard InChI is InChI=1S/C11H14O5/c1-7(12)6-16-10-8(11(13)14)4-3-5-9(10)15-2/h3-5,7,12H,6H2,1-2H3,(H,13,14). The molecule has 1 unspecified atom stereocenters. The van der Waals surface area contributed by atoms with E-state index in [-0.39, 0.29) is 17.9 Å². The van der Waals surface area contributed by atoms with E-state index in [9.17, 15) is 4.79 Å². The van der Waals surface area contributed by atoms with Gasteiger partial charge in [0, 0.05) is 0 Å². The highest BCUT2D eigenvalue weighted by Crippen LogP contribution is 2.31. The van der Waals surface area contributed by atoms with Crippen LogP contribution in [-0.2, 0) is 0 Å². The topological polar surface area (TPSA) is 76.0 Å².